The second-order valence-corrected chi connectivity index (χ2v) is 5.70. The van der Waals surface area contributed by atoms with E-state index in [1.165, 1.54) is 16.0 Å². The van der Waals surface area contributed by atoms with Crippen molar-refractivity contribution in [2.45, 2.75) is 6.42 Å². The van der Waals surface area contributed by atoms with E-state index in [4.69, 9.17) is 4.98 Å². The van der Waals surface area contributed by atoms with Crippen molar-refractivity contribution in [1.29, 1.82) is 0 Å². The highest BCUT2D eigenvalue weighted by Gasteiger charge is 2.22. The smallest absolute Gasteiger partial charge is 0.187 e. The Morgan fingerprint density at radius 3 is 2.63 bits per heavy atom. The summed E-state index contributed by atoms with van der Waals surface area (Å²) in [7, 11) is 0. The third-order valence-corrected chi connectivity index (χ3v) is 4.32. The van der Waals surface area contributed by atoms with Gasteiger partial charge in [0.25, 0.3) is 0 Å². The normalized spacial score (nSPS) is 12.0. The Bertz CT molecular complexity index is 732. The zero-order chi connectivity index (χ0) is 12.7. The van der Waals surface area contributed by atoms with Gasteiger partial charge in [0, 0.05) is 22.5 Å². The zero-order valence-electron chi connectivity index (χ0n) is 10.3. The average molecular weight is 264 g/mol. The van der Waals surface area contributed by atoms with Gasteiger partial charge in [-0.25, -0.2) is 4.98 Å². The van der Waals surface area contributed by atoms with Crippen molar-refractivity contribution in [3.05, 3.63) is 65.0 Å². The lowest BCUT2D eigenvalue weighted by atomic mass is 10.1. The van der Waals surface area contributed by atoms with E-state index in [2.05, 4.69) is 41.7 Å². The quantitative estimate of drug-likeness (QED) is 0.578. The number of anilines is 2. The summed E-state index contributed by atoms with van der Waals surface area (Å²) in [6.07, 6.45) is 1.01. The minimum absolute atomic E-state index is 0.978. The molecule has 0 radical (unpaired) electrons. The molecule has 0 atom stereocenters. The number of nitrogens with zero attached hydrogens (tertiary/aromatic N) is 1. The van der Waals surface area contributed by atoms with Crippen LogP contribution in [0.5, 0.6) is 0 Å². The van der Waals surface area contributed by atoms with Crippen molar-refractivity contribution in [3.8, 4) is 11.3 Å². The van der Waals surface area contributed by atoms with Crippen LogP contribution in [0.15, 0.2) is 54.6 Å². The molecule has 1 N–H and O–H groups in total. The minimum atomic E-state index is 0.978. The fourth-order valence-electron chi connectivity index (χ4n) is 2.46. The lowest BCUT2D eigenvalue weighted by Gasteiger charge is -2.02. The van der Waals surface area contributed by atoms with Crippen LogP contribution >= 0.6 is 11.3 Å². The predicted molar refractivity (Wildman–Crippen MR) is 80.1 cm³/mol. The maximum atomic E-state index is 4.73. The maximum Gasteiger partial charge on any atom is 0.187 e. The molecule has 0 bridgehead atoms. The van der Waals surface area contributed by atoms with Crippen molar-refractivity contribution >= 4 is 22.2 Å². The van der Waals surface area contributed by atoms with E-state index in [0.717, 1.165) is 22.9 Å². The molecule has 19 heavy (non-hydrogen) atoms. The Morgan fingerprint density at radius 1 is 0.947 bits per heavy atom. The number of nitrogens with one attached hydrogen (secondary N) is 1. The highest BCUT2D eigenvalue weighted by molar-refractivity contribution is 7.16. The van der Waals surface area contributed by atoms with E-state index < -0.39 is 0 Å². The fourth-order valence-corrected chi connectivity index (χ4v) is 3.48. The molecule has 0 amide bonds. The summed E-state index contributed by atoms with van der Waals surface area (Å²) in [6.45, 7) is 0. The van der Waals surface area contributed by atoms with Gasteiger partial charge in [-0.3, -0.25) is 0 Å². The number of rotatable bonds is 2. The molecule has 4 rings (SSSR count). The molecular weight excluding hydrogens is 252 g/mol. The monoisotopic (exact) mass is 264 g/mol. The molecule has 0 aliphatic heterocycles. The summed E-state index contributed by atoms with van der Waals surface area (Å²) >= 11 is 1.75. The first-order valence-electron chi connectivity index (χ1n) is 6.30. The van der Waals surface area contributed by atoms with Gasteiger partial charge in [0.05, 0.1) is 5.69 Å². The molecule has 3 heteroatoms. The van der Waals surface area contributed by atoms with Gasteiger partial charge in [-0.05, 0) is 17.7 Å². The molecule has 2 aromatic carbocycles. The van der Waals surface area contributed by atoms with Crippen molar-refractivity contribution < 1.29 is 0 Å². The molecule has 1 aliphatic carbocycles. The first kappa shape index (κ1) is 10.8. The molecule has 1 heterocycles. The predicted octanol–water partition coefficient (Wildman–Crippen LogP) is 4.46. The van der Waals surface area contributed by atoms with Gasteiger partial charge < -0.3 is 5.32 Å². The summed E-state index contributed by atoms with van der Waals surface area (Å²) in [5.74, 6) is 0. The molecule has 3 aromatic rings. The van der Waals surface area contributed by atoms with Crippen LogP contribution < -0.4 is 5.32 Å². The average Bonchev–Trinajstić information content (AvgIpc) is 2.97. The first-order chi connectivity index (χ1) is 9.40. The molecular formula is C16H12N2S. The van der Waals surface area contributed by atoms with Gasteiger partial charge in [0.2, 0.25) is 0 Å². The summed E-state index contributed by atoms with van der Waals surface area (Å²) in [5, 5.41) is 4.35. The standard InChI is InChI=1S/C16H12N2S/c1-2-7-12(8-3-1)17-16-18-15-13-9-5-4-6-11(13)10-14(15)19-16/h1-9H,10H2,(H,17,18). The highest BCUT2D eigenvalue weighted by atomic mass is 32.1. The van der Waals surface area contributed by atoms with Crippen LogP contribution in [0.25, 0.3) is 11.3 Å². The molecule has 92 valence electrons. The van der Waals surface area contributed by atoms with E-state index in [1.807, 2.05) is 18.2 Å². The molecule has 0 spiro atoms. The van der Waals surface area contributed by atoms with Crippen LogP contribution in [-0.2, 0) is 6.42 Å². The molecule has 0 saturated carbocycles. The topological polar surface area (TPSA) is 24.9 Å². The zero-order valence-corrected chi connectivity index (χ0v) is 11.1. The molecule has 0 unspecified atom stereocenters. The molecule has 1 aliphatic rings. The SMILES string of the molecule is c1ccc(Nc2nc3c(s2)Cc2ccccc2-3)cc1. The van der Waals surface area contributed by atoms with E-state index in [9.17, 15) is 0 Å². The van der Waals surface area contributed by atoms with Gasteiger partial charge >= 0.3 is 0 Å². The van der Waals surface area contributed by atoms with Gasteiger partial charge in [-0.2, -0.15) is 0 Å². The molecule has 2 nitrogen and oxygen atoms in total. The van der Waals surface area contributed by atoms with E-state index in [-0.39, 0.29) is 0 Å². The van der Waals surface area contributed by atoms with Crippen LogP contribution in [0.2, 0.25) is 0 Å². The number of hydrogen-bond acceptors (Lipinski definition) is 3. The van der Waals surface area contributed by atoms with Crippen molar-refractivity contribution in [3.63, 3.8) is 0 Å². The summed E-state index contributed by atoms with van der Waals surface area (Å²) in [6, 6.07) is 18.7. The first-order valence-corrected chi connectivity index (χ1v) is 7.12. The maximum absolute atomic E-state index is 4.73. The van der Waals surface area contributed by atoms with E-state index in [0.29, 0.717) is 0 Å². The second-order valence-electron chi connectivity index (χ2n) is 4.62. The highest BCUT2D eigenvalue weighted by Crippen LogP contribution is 2.41. The molecule has 0 saturated heterocycles. The lowest BCUT2D eigenvalue weighted by Crippen LogP contribution is -1.89. The summed E-state index contributed by atoms with van der Waals surface area (Å²) in [4.78, 5) is 6.10. The van der Waals surface area contributed by atoms with E-state index >= 15 is 0 Å². The number of fused-ring (bicyclic) bond motifs is 3. The molecule has 0 fully saturated rings. The summed E-state index contributed by atoms with van der Waals surface area (Å²) in [5.41, 5.74) is 4.92. The van der Waals surface area contributed by atoms with Gasteiger partial charge in [-0.15, -0.1) is 11.3 Å². The third kappa shape index (κ3) is 1.83. The Morgan fingerprint density at radius 2 is 1.74 bits per heavy atom. The van der Waals surface area contributed by atoms with Gasteiger partial charge in [0.1, 0.15) is 0 Å². The number of hydrogen-bond donors (Lipinski definition) is 1. The lowest BCUT2D eigenvalue weighted by molar-refractivity contribution is 1.31. The Kier molecular flexibility index (Phi) is 2.38. The fraction of sp³-hybridized carbons (Fsp3) is 0.0625. The van der Waals surface area contributed by atoms with Crippen molar-refractivity contribution in [2.24, 2.45) is 0 Å². The number of para-hydroxylation sites is 1. The van der Waals surface area contributed by atoms with Crippen LogP contribution in [-0.4, -0.2) is 4.98 Å². The summed E-state index contributed by atoms with van der Waals surface area (Å²) < 4.78 is 0. The second kappa shape index (κ2) is 4.21. The largest absolute Gasteiger partial charge is 0.332 e. The van der Waals surface area contributed by atoms with Crippen molar-refractivity contribution in [2.75, 3.05) is 5.32 Å². The van der Waals surface area contributed by atoms with Crippen molar-refractivity contribution in [1.82, 2.24) is 4.98 Å². The minimum Gasteiger partial charge on any atom is -0.332 e. The number of thiazole rings is 1. The van der Waals surface area contributed by atoms with Crippen LogP contribution in [0, 0.1) is 0 Å². The van der Waals surface area contributed by atoms with Crippen LogP contribution in [0.4, 0.5) is 10.8 Å². The molecule has 1 aromatic heterocycles. The van der Waals surface area contributed by atoms with E-state index in [1.54, 1.807) is 11.3 Å². The van der Waals surface area contributed by atoms with Gasteiger partial charge in [0.15, 0.2) is 5.13 Å². The number of aromatic nitrogens is 1. The Hall–Kier alpha value is -2.13. The van der Waals surface area contributed by atoms with Crippen LogP contribution in [0.1, 0.15) is 10.4 Å². The Labute approximate surface area is 115 Å². The number of benzene rings is 2. The van der Waals surface area contributed by atoms with Crippen LogP contribution in [0.3, 0.4) is 0 Å². The third-order valence-electron chi connectivity index (χ3n) is 3.35. The Balaban J connectivity index is 1.69. The van der Waals surface area contributed by atoms with Gasteiger partial charge in [-0.1, -0.05) is 42.5 Å².